The first-order valence-electron chi connectivity index (χ1n) is 11.0. The summed E-state index contributed by atoms with van der Waals surface area (Å²) in [4.78, 5) is 29.9. The Bertz CT molecular complexity index is 687. The molecule has 1 aliphatic heterocycles. The predicted molar refractivity (Wildman–Crippen MR) is 116 cm³/mol. The molecule has 0 unspecified atom stereocenters. The Balaban J connectivity index is 0.00000240. The van der Waals surface area contributed by atoms with Gasteiger partial charge in [-0.2, -0.15) is 0 Å². The third-order valence-electron chi connectivity index (χ3n) is 6.82. The van der Waals surface area contributed by atoms with Crippen LogP contribution in [0.15, 0.2) is 30.3 Å². The molecule has 0 aromatic heterocycles. The number of halogens is 1. The maximum absolute atomic E-state index is 13.2. The fourth-order valence-corrected chi connectivity index (χ4v) is 4.84. The summed E-state index contributed by atoms with van der Waals surface area (Å²) in [6, 6.07) is 10.9. The largest absolute Gasteiger partial charge is 0.343 e. The number of piperidine rings is 1. The molecule has 6 heteroatoms. The van der Waals surface area contributed by atoms with Crippen molar-refractivity contribution in [2.75, 3.05) is 13.1 Å². The standard InChI is InChI=1S/C23H33N3O2.ClH/c24-21-8-4-7-19(21)15-22(27)25-13-11-18(12-14-25)23(28)26(20-9-10-20)16-17-5-2-1-3-6-17;/h1-3,5-6,18-21H,4,7-16,24H2;1H/t19-,21+;/m0./s1. The van der Waals surface area contributed by atoms with Crippen LogP contribution in [0.25, 0.3) is 0 Å². The highest BCUT2D eigenvalue weighted by Crippen LogP contribution is 2.32. The van der Waals surface area contributed by atoms with E-state index < -0.39 is 0 Å². The van der Waals surface area contributed by atoms with Crippen molar-refractivity contribution in [1.29, 1.82) is 0 Å². The number of likely N-dealkylation sites (tertiary alicyclic amines) is 1. The molecule has 3 aliphatic rings. The fraction of sp³-hybridized carbons (Fsp3) is 0.652. The molecule has 1 heterocycles. The normalized spacial score (nSPS) is 24.8. The smallest absolute Gasteiger partial charge is 0.226 e. The second-order valence-corrected chi connectivity index (χ2v) is 8.90. The van der Waals surface area contributed by atoms with Gasteiger partial charge in [0.1, 0.15) is 0 Å². The molecule has 2 aliphatic carbocycles. The molecule has 2 N–H and O–H groups in total. The van der Waals surface area contributed by atoms with Crippen molar-refractivity contribution in [3.8, 4) is 0 Å². The van der Waals surface area contributed by atoms with E-state index in [1.807, 2.05) is 23.1 Å². The number of carbonyl (C=O) groups is 2. The third kappa shape index (κ3) is 5.52. The Kier molecular flexibility index (Phi) is 7.58. The minimum Gasteiger partial charge on any atom is -0.343 e. The maximum Gasteiger partial charge on any atom is 0.226 e. The quantitative estimate of drug-likeness (QED) is 0.768. The Morgan fingerprint density at radius 1 is 1.00 bits per heavy atom. The summed E-state index contributed by atoms with van der Waals surface area (Å²) in [5.74, 6) is 0.929. The van der Waals surface area contributed by atoms with Gasteiger partial charge in [0.05, 0.1) is 0 Å². The van der Waals surface area contributed by atoms with Crippen molar-refractivity contribution >= 4 is 24.2 Å². The monoisotopic (exact) mass is 419 g/mol. The molecule has 1 saturated heterocycles. The molecule has 1 aromatic carbocycles. The number of hydrogen-bond donors (Lipinski definition) is 1. The van der Waals surface area contributed by atoms with Crippen LogP contribution in [0.4, 0.5) is 0 Å². The summed E-state index contributed by atoms with van der Waals surface area (Å²) in [7, 11) is 0. The van der Waals surface area contributed by atoms with Gasteiger partial charge in [-0.3, -0.25) is 9.59 Å². The lowest BCUT2D eigenvalue weighted by atomic mass is 9.93. The zero-order valence-electron chi connectivity index (χ0n) is 17.2. The van der Waals surface area contributed by atoms with E-state index in [1.54, 1.807) is 0 Å². The van der Waals surface area contributed by atoms with Crippen LogP contribution < -0.4 is 5.73 Å². The van der Waals surface area contributed by atoms with Crippen LogP contribution in [0, 0.1) is 11.8 Å². The molecule has 0 spiro atoms. The average molecular weight is 420 g/mol. The number of amides is 2. The number of hydrogen-bond acceptors (Lipinski definition) is 3. The Morgan fingerprint density at radius 2 is 1.69 bits per heavy atom. The van der Waals surface area contributed by atoms with Gasteiger partial charge in [-0.1, -0.05) is 36.8 Å². The molecular formula is C23H34ClN3O2. The number of nitrogens with two attached hydrogens (primary N) is 1. The molecule has 0 radical (unpaired) electrons. The molecule has 3 fully saturated rings. The Labute approximate surface area is 180 Å². The van der Waals surface area contributed by atoms with Crippen LogP contribution in [-0.2, 0) is 16.1 Å². The van der Waals surface area contributed by atoms with Gasteiger partial charge in [-0.25, -0.2) is 0 Å². The van der Waals surface area contributed by atoms with Gasteiger partial charge in [0.2, 0.25) is 11.8 Å². The maximum atomic E-state index is 13.2. The van der Waals surface area contributed by atoms with Gasteiger partial charge in [0, 0.05) is 44.1 Å². The second-order valence-electron chi connectivity index (χ2n) is 8.90. The summed E-state index contributed by atoms with van der Waals surface area (Å²) in [5, 5.41) is 0. The van der Waals surface area contributed by atoms with E-state index in [-0.39, 0.29) is 36.2 Å². The second kappa shape index (κ2) is 9.94. The minimum absolute atomic E-state index is 0. The highest BCUT2D eigenvalue weighted by molar-refractivity contribution is 5.85. The Morgan fingerprint density at radius 3 is 2.28 bits per heavy atom. The third-order valence-corrected chi connectivity index (χ3v) is 6.82. The van der Waals surface area contributed by atoms with Crippen molar-refractivity contribution in [3.63, 3.8) is 0 Å². The van der Waals surface area contributed by atoms with E-state index in [0.717, 1.165) is 44.9 Å². The van der Waals surface area contributed by atoms with Crippen LogP contribution >= 0.6 is 12.4 Å². The number of carbonyl (C=O) groups excluding carboxylic acids is 2. The first-order chi connectivity index (χ1) is 13.6. The summed E-state index contributed by atoms with van der Waals surface area (Å²) >= 11 is 0. The molecule has 0 bridgehead atoms. The molecule has 160 valence electrons. The van der Waals surface area contributed by atoms with Crippen LogP contribution in [0.3, 0.4) is 0 Å². The first-order valence-corrected chi connectivity index (χ1v) is 11.0. The van der Waals surface area contributed by atoms with Crippen molar-refractivity contribution in [1.82, 2.24) is 9.80 Å². The van der Waals surface area contributed by atoms with Gasteiger partial charge in [-0.05, 0) is 50.0 Å². The zero-order chi connectivity index (χ0) is 19.5. The van der Waals surface area contributed by atoms with E-state index in [2.05, 4.69) is 17.0 Å². The van der Waals surface area contributed by atoms with E-state index in [1.165, 1.54) is 5.56 Å². The van der Waals surface area contributed by atoms with Crippen LogP contribution in [0.5, 0.6) is 0 Å². The fourth-order valence-electron chi connectivity index (χ4n) is 4.84. The minimum atomic E-state index is 0. The number of rotatable bonds is 6. The summed E-state index contributed by atoms with van der Waals surface area (Å²) < 4.78 is 0. The van der Waals surface area contributed by atoms with E-state index in [0.29, 0.717) is 38.0 Å². The summed E-state index contributed by atoms with van der Waals surface area (Å²) in [5.41, 5.74) is 7.33. The van der Waals surface area contributed by atoms with Crippen molar-refractivity contribution < 1.29 is 9.59 Å². The lowest BCUT2D eigenvalue weighted by Crippen LogP contribution is -2.45. The van der Waals surface area contributed by atoms with Gasteiger partial charge >= 0.3 is 0 Å². The van der Waals surface area contributed by atoms with Crippen LogP contribution in [0.2, 0.25) is 0 Å². The zero-order valence-corrected chi connectivity index (χ0v) is 18.0. The van der Waals surface area contributed by atoms with Crippen molar-refractivity contribution in [2.24, 2.45) is 17.6 Å². The molecule has 4 rings (SSSR count). The lowest BCUT2D eigenvalue weighted by molar-refractivity contribution is -0.142. The number of benzene rings is 1. The van der Waals surface area contributed by atoms with Gasteiger partial charge < -0.3 is 15.5 Å². The lowest BCUT2D eigenvalue weighted by Gasteiger charge is -2.35. The summed E-state index contributed by atoms with van der Waals surface area (Å²) in [6.45, 7) is 2.13. The molecular weight excluding hydrogens is 386 g/mol. The molecule has 2 atom stereocenters. The van der Waals surface area contributed by atoms with Gasteiger partial charge in [-0.15, -0.1) is 12.4 Å². The summed E-state index contributed by atoms with van der Waals surface area (Å²) in [6.07, 6.45) is 7.69. The van der Waals surface area contributed by atoms with Crippen LogP contribution in [0.1, 0.15) is 56.9 Å². The van der Waals surface area contributed by atoms with E-state index in [9.17, 15) is 9.59 Å². The van der Waals surface area contributed by atoms with E-state index in [4.69, 9.17) is 5.73 Å². The molecule has 2 amide bonds. The molecule has 1 aromatic rings. The average Bonchev–Trinajstić information content (AvgIpc) is 3.49. The molecule has 2 saturated carbocycles. The van der Waals surface area contributed by atoms with Gasteiger partial charge in [0.25, 0.3) is 0 Å². The van der Waals surface area contributed by atoms with Crippen molar-refractivity contribution in [3.05, 3.63) is 35.9 Å². The predicted octanol–water partition coefficient (Wildman–Crippen LogP) is 3.36. The molecule has 29 heavy (non-hydrogen) atoms. The topological polar surface area (TPSA) is 66.6 Å². The number of nitrogens with zero attached hydrogens (tertiary/aromatic N) is 2. The van der Waals surface area contributed by atoms with E-state index >= 15 is 0 Å². The Hall–Kier alpha value is -1.59. The first kappa shape index (κ1) is 22.1. The van der Waals surface area contributed by atoms with Gasteiger partial charge in [0.15, 0.2) is 0 Å². The highest BCUT2D eigenvalue weighted by Gasteiger charge is 2.37. The highest BCUT2D eigenvalue weighted by atomic mass is 35.5. The molecule has 5 nitrogen and oxygen atoms in total. The van der Waals surface area contributed by atoms with Crippen molar-refractivity contribution in [2.45, 2.75) is 70.0 Å². The SMILES string of the molecule is Cl.N[C@@H]1CCC[C@H]1CC(=O)N1CCC(C(=O)N(Cc2ccccc2)C2CC2)CC1. The van der Waals surface area contributed by atoms with Crippen LogP contribution in [-0.4, -0.2) is 46.8 Å².